The summed E-state index contributed by atoms with van der Waals surface area (Å²) in [6.07, 6.45) is 3.53. The molecular formula is C20H24N6O2. The summed E-state index contributed by atoms with van der Waals surface area (Å²) < 4.78 is 0. The van der Waals surface area contributed by atoms with Gasteiger partial charge in [0.1, 0.15) is 11.6 Å². The second-order valence-corrected chi connectivity index (χ2v) is 6.93. The number of hydrogen-bond donors (Lipinski definition) is 0. The minimum Gasteiger partial charge on any atom is -0.353 e. The predicted octanol–water partition coefficient (Wildman–Crippen LogP) is 0.474. The average Bonchev–Trinajstić information content (AvgIpc) is 2.79. The monoisotopic (exact) mass is 380 g/mol. The Hall–Kier alpha value is -3.16. The van der Waals surface area contributed by atoms with Crippen LogP contribution >= 0.6 is 0 Å². The lowest BCUT2D eigenvalue weighted by atomic mass is 10.2. The Morgan fingerprint density at radius 3 is 1.32 bits per heavy atom. The van der Waals surface area contributed by atoms with Crippen LogP contribution in [0.1, 0.15) is 0 Å². The second-order valence-electron chi connectivity index (χ2n) is 6.93. The van der Waals surface area contributed by atoms with Crippen LogP contribution in [0.4, 0.5) is 11.6 Å². The zero-order valence-electron chi connectivity index (χ0n) is 15.8. The maximum Gasteiger partial charge on any atom is 0.312 e. The Labute approximate surface area is 164 Å². The maximum absolute atomic E-state index is 12.7. The smallest absolute Gasteiger partial charge is 0.312 e. The molecule has 0 unspecified atom stereocenters. The van der Waals surface area contributed by atoms with Crippen LogP contribution in [0.15, 0.2) is 48.8 Å². The molecule has 146 valence electrons. The van der Waals surface area contributed by atoms with Gasteiger partial charge in [0.2, 0.25) is 0 Å². The fraction of sp³-hybridized carbons (Fsp3) is 0.400. The fourth-order valence-corrected chi connectivity index (χ4v) is 3.63. The number of carbonyl (C=O) groups is 2. The van der Waals surface area contributed by atoms with Crippen molar-refractivity contribution < 1.29 is 9.59 Å². The highest BCUT2D eigenvalue weighted by molar-refractivity contribution is 6.35. The van der Waals surface area contributed by atoms with E-state index in [0.29, 0.717) is 52.4 Å². The van der Waals surface area contributed by atoms with Crippen LogP contribution in [0.5, 0.6) is 0 Å². The summed E-state index contributed by atoms with van der Waals surface area (Å²) in [5.41, 5.74) is 0. The average molecular weight is 380 g/mol. The normalized spacial score (nSPS) is 17.6. The van der Waals surface area contributed by atoms with Crippen molar-refractivity contribution in [2.75, 3.05) is 62.2 Å². The maximum atomic E-state index is 12.7. The van der Waals surface area contributed by atoms with Crippen molar-refractivity contribution >= 4 is 23.5 Å². The van der Waals surface area contributed by atoms with Crippen molar-refractivity contribution in [3.63, 3.8) is 0 Å². The van der Waals surface area contributed by atoms with Crippen LogP contribution in [0.2, 0.25) is 0 Å². The van der Waals surface area contributed by atoms with E-state index < -0.39 is 11.8 Å². The number of pyridine rings is 2. The van der Waals surface area contributed by atoms with Gasteiger partial charge in [0.15, 0.2) is 0 Å². The summed E-state index contributed by atoms with van der Waals surface area (Å²) in [7, 11) is 0. The lowest BCUT2D eigenvalue weighted by Crippen LogP contribution is -2.56. The van der Waals surface area contributed by atoms with Crippen molar-refractivity contribution in [2.45, 2.75) is 0 Å². The molecule has 0 radical (unpaired) electrons. The standard InChI is InChI=1S/C20H24N6O2/c27-19(25-13-9-23(10-14-25)17-5-1-3-7-21-17)20(28)26-15-11-24(12-16-26)18-6-2-4-8-22-18/h1-8H,9-16H2. The van der Waals surface area contributed by atoms with Crippen LogP contribution in [0.25, 0.3) is 0 Å². The van der Waals surface area contributed by atoms with Gasteiger partial charge in [-0.2, -0.15) is 0 Å². The molecule has 2 aromatic rings. The number of piperazine rings is 2. The summed E-state index contributed by atoms with van der Waals surface area (Å²) in [6, 6.07) is 11.6. The molecule has 28 heavy (non-hydrogen) atoms. The van der Waals surface area contributed by atoms with Gasteiger partial charge >= 0.3 is 11.8 Å². The second kappa shape index (κ2) is 8.24. The number of aromatic nitrogens is 2. The number of carbonyl (C=O) groups excluding carboxylic acids is 2. The molecular weight excluding hydrogens is 356 g/mol. The molecule has 8 nitrogen and oxygen atoms in total. The molecule has 0 spiro atoms. The minimum absolute atomic E-state index is 0.396. The van der Waals surface area contributed by atoms with Gasteiger partial charge in [-0.25, -0.2) is 9.97 Å². The molecule has 4 rings (SSSR count). The Balaban J connectivity index is 1.28. The molecule has 0 N–H and O–H groups in total. The predicted molar refractivity (Wildman–Crippen MR) is 106 cm³/mol. The molecule has 8 heteroatoms. The highest BCUT2D eigenvalue weighted by Crippen LogP contribution is 2.15. The van der Waals surface area contributed by atoms with Crippen molar-refractivity contribution in [3.05, 3.63) is 48.8 Å². The summed E-state index contributed by atoms with van der Waals surface area (Å²) in [5.74, 6) is 1.03. The first-order valence-corrected chi connectivity index (χ1v) is 9.62. The highest BCUT2D eigenvalue weighted by atomic mass is 16.2. The summed E-state index contributed by atoms with van der Waals surface area (Å²) >= 11 is 0. The molecule has 0 atom stereocenters. The summed E-state index contributed by atoms with van der Waals surface area (Å²) in [6.45, 7) is 4.88. The van der Waals surface area contributed by atoms with E-state index in [-0.39, 0.29) is 0 Å². The van der Waals surface area contributed by atoms with Crippen molar-refractivity contribution in [1.29, 1.82) is 0 Å². The molecule has 2 aliphatic rings. The molecule has 2 fully saturated rings. The quantitative estimate of drug-likeness (QED) is 0.706. The van der Waals surface area contributed by atoms with Gasteiger partial charge < -0.3 is 19.6 Å². The highest BCUT2D eigenvalue weighted by Gasteiger charge is 2.31. The van der Waals surface area contributed by atoms with E-state index in [4.69, 9.17) is 0 Å². The Bertz CT molecular complexity index is 730. The summed E-state index contributed by atoms with van der Waals surface area (Å²) in [5, 5.41) is 0. The third-order valence-corrected chi connectivity index (χ3v) is 5.26. The van der Waals surface area contributed by atoms with E-state index in [1.807, 2.05) is 36.4 Å². The van der Waals surface area contributed by atoms with Crippen LogP contribution in [-0.2, 0) is 9.59 Å². The van der Waals surface area contributed by atoms with Gasteiger partial charge in [-0.15, -0.1) is 0 Å². The Kier molecular flexibility index (Phi) is 5.36. The topological polar surface area (TPSA) is 72.9 Å². The SMILES string of the molecule is O=C(C(=O)N1CCN(c2ccccn2)CC1)N1CCN(c2ccccn2)CC1. The molecule has 0 aromatic carbocycles. The number of rotatable bonds is 2. The van der Waals surface area contributed by atoms with Gasteiger partial charge in [0.25, 0.3) is 0 Å². The first-order valence-electron chi connectivity index (χ1n) is 9.62. The number of nitrogens with zero attached hydrogens (tertiary/aromatic N) is 6. The van der Waals surface area contributed by atoms with E-state index >= 15 is 0 Å². The Morgan fingerprint density at radius 2 is 1.00 bits per heavy atom. The van der Waals surface area contributed by atoms with E-state index in [1.54, 1.807) is 22.2 Å². The first kappa shape index (κ1) is 18.2. The van der Waals surface area contributed by atoms with Crippen LogP contribution in [0, 0.1) is 0 Å². The molecule has 4 heterocycles. The minimum atomic E-state index is -0.396. The molecule has 2 aliphatic heterocycles. The number of hydrogen-bond acceptors (Lipinski definition) is 6. The third kappa shape index (κ3) is 3.90. The van der Waals surface area contributed by atoms with Crippen molar-refractivity contribution in [2.24, 2.45) is 0 Å². The molecule has 0 aliphatic carbocycles. The van der Waals surface area contributed by atoms with Crippen molar-refractivity contribution in [3.8, 4) is 0 Å². The van der Waals surface area contributed by atoms with Gasteiger partial charge in [-0.1, -0.05) is 12.1 Å². The van der Waals surface area contributed by atoms with Crippen LogP contribution in [0.3, 0.4) is 0 Å². The first-order chi connectivity index (χ1) is 13.7. The van der Waals surface area contributed by atoms with Crippen LogP contribution in [-0.4, -0.2) is 83.9 Å². The molecule has 0 saturated carbocycles. The molecule has 0 bridgehead atoms. The summed E-state index contributed by atoms with van der Waals surface area (Å²) in [4.78, 5) is 41.6. The Morgan fingerprint density at radius 1 is 0.607 bits per heavy atom. The van der Waals surface area contributed by atoms with Crippen LogP contribution < -0.4 is 9.80 Å². The van der Waals surface area contributed by atoms with E-state index in [1.165, 1.54) is 0 Å². The molecule has 2 amide bonds. The molecule has 2 aromatic heterocycles. The van der Waals surface area contributed by atoms with E-state index in [9.17, 15) is 9.59 Å². The van der Waals surface area contributed by atoms with Crippen molar-refractivity contribution in [1.82, 2.24) is 19.8 Å². The zero-order chi connectivity index (χ0) is 19.3. The van der Waals surface area contributed by atoms with Gasteiger partial charge in [-0.05, 0) is 24.3 Å². The number of amides is 2. The van der Waals surface area contributed by atoms with Gasteiger partial charge in [0, 0.05) is 64.8 Å². The zero-order valence-corrected chi connectivity index (χ0v) is 15.8. The molecule has 2 saturated heterocycles. The van der Waals surface area contributed by atoms with E-state index in [0.717, 1.165) is 11.6 Å². The van der Waals surface area contributed by atoms with Gasteiger partial charge in [0.05, 0.1) is 0 Å². The number of anilines is 2. The lowest BCUT2D eigenvalue weighted by Gasteiger charge is -2.38. The van der Waals surface area contributed by atoms with Gasteiger partial charge in [-0.3, -0.25) is 9.59 Å². The van der Waals surface area contributed by atoms with E-state index in [2.05, 4.69) is 19.8 Å². The largest absolute Gasteiger partial charge is 0.353 e. The lowest BCUT2D eigenvalue weighted by molar-refractivity contribution is -0.152. The third-order valence-electron chi connectivity index (χ3n) is 5.26. The fourth-order valence-electron chi connectivity index (χ4n) is 3.63.